The van der Waals surface area contributed by atoms with Crippen LogP contribution in [-0.2, 0) is 0 Å². The minimum atomic E-state index is -4.36. The number of benzene rings is 1. The van der Waals surface area contributed by atoms with Gasteiger partial charge in [-0.15, -0.1) is 0 Å². The fourth-order valence-electron chi connectivity index (χ4n) is 2.30. The summed E-state index contributed by atoms with van der Waals surface area (Å²) in [6.07, 6.45) is -1.34. The lowest BCUT2D eigenvalue weighted by molar-refractivity contribution is -0.141. The third-order valence-electron chi connectivity index (χ3n) is 3.40. The zero-order chi connectivity index (χ0) is 14.3. The Labute approximate surface area is 113 Å². The van der Waals surface area contributed by atoms with Crippen molar-refractivity contribution in [2.45, 2.75) is 25.1 Å². The Morgan fingerprint density at radius 2 is 2.05 bits per heavy atom. The van der Waals surface area contributed by atoms with Gasteiger partial charge in [0.2, 0.25) is 0 Å². The van der Waals surface area contributed by atoms with Crippen LogP contribution in [0.3, 0.4) is 0 Å². The molecule has 0 radical (unpaired) electrons. The van der Waals surface area contributed by atoms with Gasteiger partial charge in [0.1, 0.15) is 6.54 Å². The van der Waals surface area contributed by atoms with E-state index >= 15 is 0 Å². The molecule has 106 valence electrons. The number of amides is 1. The molecule has 20 heavy (non-hydrogen) atoms. The number of H-pyrrole nitrogens is 1. The van der Waals surface area contributed by atoms with E-state index in [9.17, 15) is 18.0 Å². The van der Waals surface area contributed by atoms with E-state index in [0.29, 0.717) is 18.4 Å². The van der Waals surface area contributed by atoms with Gasteiger partial charge in [-0.1, -0.05) is 0 Å². The second-order valence-electron chi connectivity index (χ2n) is 5.06. The number of carbonyl (C=O) groups is 1. The summed E-state index contributed by atoms with van der Waals surface area (Å²) in [4.78, 5) is 16.2. The van der Waals surface area contributed by atoms with Crippen molar-refractivity contribution in [3.05, 3.63) is 36.0 Å². The molecule has 1 aromatic heterocycles. The van der Waals surface area contributed by atoms with E-state index in [2.05, 4.69) is 4.98 Å². The first-order valence-electron chi connectivity index (χ1n) is 6.39. The Morgan fingerprint density at radius 3 is 2.70 bits per heavy atom. The van der Waals surface area contributed by atoms with Crippen molar-refractivity contribution in [2.75, 3.05) is 6.54 Å². The SMILES string of the molecule is O=C(c1ccc2[nH]ccc2c1)N(CC(F)(F)F)C1CC1. The Bertz CT molecular complexity index is 643. The largest absolute Gasteiger partial charge is 0.406 e. The van der Waals surface area contributed by atoms with Crippen LogP contribution in [0.2, 0.25) is 0 Å². The second-order valence-corrected chi connectivity index (χ2v) is 5.06. The van der Waals surface area contributed by atoms with Crippen molar-refractivity contribution >= 4 is 16.8 Å². The highest BCUT2D eigenvalue weighted by Gasteiger charge is 2.40. The molecule has 3 nitrogen and oxygen atoms in total. The molecule has 1 aromatic carbocycles. The molecule has 0 spiro atoms. The molecule has 0 saturated heterocycles. The number of hydrogen-bond donors (Lipinski definition) is 1. The van der Waals surface area contributed by atoms with Crippen LogP contribution in [0, 0.1) is 0 Å². The van der Waals surface area contributed by atoms with Crippen LogP contribution in [-0.4, -0.2) is 34.6 Å². The van der Waals surface area contributed by atoms with Gasteiger partial charge in [-0.25, -0.2) is 0 Å². The normalized spacial score (nSPS) is 15.6. The molecule has 1 heterocycles. The van der Waals surface area contributed by atoms with Crippen LogP contribution in [0.5, 0.6) is 0 Å². The molecule has 1 aliphatic rings. The number of carbonyl (C=O) groups excluding carboxylic acids is 1. The standard InChI is InChI=1S/C14H13F3N2O/c15-14(16,17)8-19(11-2-3-11)13(20)10-1-4-12-9(7-10)5-6-18-12/h1,4-7,11,18H,2-3,8H2. The molecule has 2 aromatic rings. The first-order valence-corrected chi connectivity index (χ1v) is 6.39. The van der Waals surface area contributed by atoms with Gasteiger partial charge >= 0.3 is 6.18 Å². The molecule has 0 atom stereocenters. The predicted molar refractivity (Wildman–Crippen MR) is 68.4 cm³/mol. The molecule has 1 saturated carbocycles. The van der Waals surface area contributed by atoms with Crippen LogP contribution >= 0.6 is 0 Å². The van der Waals surface area contributed by atoms with E-state index in [1.54, 1.807) is 30.5 Å². The number of alkyl halides is 3. The molecule has 0 unspecified atom stereocenters. The summed E-state index contributed by atoms with van der Waals surface area (Å²) in [6.45, 7) is -1.18. The van der Waals surface area contributed by atoms with Gasteiger partial charge in [-0.05, 0) is 37.1 Å². The van der Waals surface area contributed by atoms with Gasteiger partial charge < -0.3 is 9.88 Å². The molecule has 1 fully saturated rings. The van der Waals surface area contributed by atoms with E-state index in [1.807, 2.05) is 0 Å². The lowest BCUT2D eigenvalue weighted by Gasteiger charge is -2.23. The monoisotopic (exact) mass is 282 g/mol. The predicted octanol–water partition coefficient (Wildman–Crippen LogP) is 3.33. The Morgan fingerprint density at radius 1 is 1.30 bits per heavy atom. The number of hydrogen-bond acceptors (Lipinski definition) is 1. The molecule has 0 aliphatic heterocycles. The summed E-state index contributed by atoms with van der Waals surface area (Å²) in [6, 6.07) is 6.41. The number of nitrogens with zero attached hydrogens (tertiary/aromatic N) is 1. The van der Waals surface area contributed by atoms with Crippen LogP contribution in [0.1, 0.15) is 23.2 Å². The Hall–Kier alpha value is -1.98. The lowest BCUT2D eigenvalue weighted by atomic mass is 10.1. The molecule has 1 amide bonds. The minimum absolute atomic E-state index is 0.272. The van der Waals surface area contributed by atoms with Gasteiger partial charge in [0.15, 0.2) is 0 Å². The topological polar surface area (TPSA) is 36.1 Å². The van der Waals surface area contributed by atoms with Crippen LogP contribution in [0.15, 0.2) is 30.5 Å². The fraction of sp³-hybridized carbons (Fsp3) is 0.357. The van der Waals surface area contributed by atoms with Crippen molar-refractivity contribution in [1.29, 1.82) is 0 Å². The van der Waals surface area contributed by atoms with Crippen LogP contribution < -0.4 is 0 Å². The number of aromatic nitrogens is 1. The summed E-state index contributed by atoms with van der Waals surface area (Å²) in [5, 5.41) is 0.818. The quantitative estimate of drug-likeness (QED) is 0.921. The van der Waals surface area contributed by atoms with E-state index in [-0.39, 0.29) is 6.04 Å². The second kappa shape index (κ2) is 4.54. The Kier molecular flexibility index (Phi) is 2.96. The molecular formula is C14H13F3N2O. The Balaban J connectivity index is 1.88. The van der Waals surface area contributed by atoms with Gasteiger partial charge in [-0.3, -0.25) is 4.79 Å². The molecule has 1 N–H and O–H groups in total. The third-order valence-corrected chi connectivity index (χ3v) is 3.40. The summed E-state index contributed by atoms with van der Waals surface area (Å²) in [5.41, 5.74) is 1.16. The van der Waals surface area contributed by atoms with Crippen LogP contribution in [0.4, 0.5) is 13.2 Å². The van der Waals surface area contributed by atoms with E-state index < -0.39 is 18.6 Å². The van der Waals surface area contributed by atoms with Crippen molar-refractivity contribution < 1.29 is 18.0 Å². The van der Waals surface area contributed by atoms with E-state index in [4.69, 9.17) is 0 Å². The maximum atomic E-state index is 12.6. The van der Waals surface area contributed by atoms with Gasteiger partial charge in [0.25, 0.3) is 5.91 Å². The highest BCUT2D eigenvalue weighted by atomic mass is 19.4. The molecule has 3 rings (SSSR count). The molecular weight excluding hydrogens is 269 g/mol. The van der Waals surface area contributed by atoms with E-state index in [1.165, 1.54) is 0 Å². The van der Waals surface area contributed by atoms with Gasteiger partial charge in [0.05, 0.1) is 0 Å². The number of rotatable bonds is 3. The highest BCUT2D eigenvalue weighted by molar-refractivity contribution is 5.98. The summed E-state index contributed by atoms with van der Waals surface area (Å²) in [7, 11) is 0. The zero-order valence-electron chi connectivity index (χ0n) is 10.6. The highest BCUT2D eigenvalue weighted by Crippen LogP contribution is 2.31. The molecule has 0 bridgehead atoms. The van der Waals surface area contributed by atoms with Crippen molar-refractivity contribution in [3.8, 4) is 0 Å². The van der Waals surface area contributed by atoms with Gasteiger partial charge in [0, 0.05) is 28.7 Å². The average Bonchev–Trinajstić information content (AvgIpc) is 3.11. The third kappa shape index (κ3) is 2.64. The number of halogens is 3. The molecule has 1 aliphatic carbocycles. The number of nitrogens with one attached hydrogen (secondary N) is 1. The minimum Gasteiger partial charge on any atom is -0.361 e. The molecule has 6 heteroatoms. The first-order chi connectivity index (χ1) is 9.44. The van der Waals surface area contributed by atoms with Crippen LogP contribution in [0.25, 0.3) is 10.9 Å². The summed E-state index contributed by atoms with van der Waals surface area (Å²) < 4.78 is 37.7. The number of aromatic amines is 1. The fourth-order valence-corrected chi connectivity index (χ4v) is 2.30. The average molecular weight is 282 g/mol. The smallest absolute Gasteiger partial charge is 0.361 e. The maximum absolute atomic E-state index is 12.6. The van der Waals surface area contributed by atoms with Crippen molar-refractivity contribution in [1.82, 2.24) is 9.88 Å². The first kappa shape index (κ1) is 13.0. The van der Waals surface area contributed by atoms with Crippen molar-refractivity contribution in [2.24, 2.45) is 0 Å². The van der Waals surface area contributed by atoms with Crippen molar-refractivity contribution in [3.63, 3.8) is 0 Å². The zero-order valence-corrected chi connectivity index (χ0v) is 10.6. The number of fused-ring (bicyclic) bond motifs is 1. The lowest BCUT2D eigenvalue weighted by Crippen LogP contribution is -2.40. The summed E-state index contributed by atoms with van der Waals surface area (Å²) in [5.74, 6) is -0.548. The summed E-state index contributed by atoms with van der Waals surface area (Å²) >= 11 is 0. The maximum Gasteiger partial charge on any atom is 0.406 e. The van der Waals surface area contributed by atoms with E-state index in [0.717, 1.165) is 15.8 Å². The van der Waals surface area contributed by atoms with Gasteiger partial charge in [-0.2, -0.15) is 13.2 Å².